The second-order valence-corrected chi connectivity index (χ2v) is 8.23. The van der Waals surface area contributed by atoms with Gasteiger partial charge in [-0.3, -0.25) is 4.79 Å². The average molecular weight is 411 g/mol. The van der Waals surface area contributed by atoms with Gasteiger partial charge in [0.1, 0.15) is 0 Å². The Hall–Kier alpha value is -3.30. The van der Waals surface area contributed by atoms with Crippen molar-refractivity contribution in [1.29, 1.82) is 0 Å². The smallest absolute Gasteiger partial charge is 0.240 e. The summed E-state index contributed by atoms with van der Waals surface area (Å²) in [7, 11) is -2.18. The van der Waals surface area contributed by atoms with Crippen LogP contribution in [0.2, 0.25) is 0 Å². The van der Waals surface area contributed by atoms with Crippen LogP contribution in [0.5, 0.6) is 0 Å². The van der Waals surface area contributed by atoms with E-state index in [0.717, 1.165) is 5.69 Å². The SMILES string of the molecule is CNS(=O)(=O)c1cc(-c2ccc(Nc3ccc(NC(C)=O)cc3)nn2)ccc1C. The lowest BCUT2D eigenvalue weighted by Crippen LogP contribution is -2.19. The quantitative estimate of drug-likeness (QED) is 0.575. The van der Waals surface area contributed by atoms with Gasteiger partial charge < -0.3 is 10.6 Å². The molecule has 1 amide bonds. The number of rotatable bonds is 6. The fraction of sp³-hybridized carbons (Fsp3) is 0.150. The summed E-state index contributed by atoms with van der Waals surface area (Å²) in [5.41, 5.74) is 3.36. The van der Waals surface area contributed by atoms with Crippen LogP contribution in [-0.2, 0) is 14.8 Å². The number of carbonyl (C=O) groups is 1. The van der Waals surface area contributed by atoms with Crippen LogP contribution < -0.4 is 15.4 Å². The Bertz CT molecular complexity index is 1130. The summed E-state index contributed by atoms with van der Waals surface area (Å²) < 4.78 is 26.7. The molecule has 150 valence electrons. The highest BCUT2D eigenvalue weighted by molar-refractivity contribution is 7.89. The van der Waals surface area contributed by atoms with Crippen molar-refractivity contribution in [3.63, 3.8) is 0 Å². The maximum absolute atomic E-state index is 12.2. The third-order valence-corrected chi connectivity index (χ3v) is 5.74. The zero-order valence-corrected chi connectivity index (χ0v) is 17.0. The molecule has 0 unspecified atom stereocenters. The van der Waals surface area contributed by atoms with Gasteiger partial charge in [-0.1, -0.05) is 12.1 Å². The molecule has 0 atom stereocenters. The van der Waals surface area contributed by atoms with E-state index < -0.39 is 10.0 Å². The topological polar surface area (TPSA) is 113 Å². The summed E-state index contributed by atoms with van der Waals surface area (Å²) in [5.74, 6) is 0.408. The summed E-state index contributed by atoms with van der Waals surface area (Å²) in [6.45, 7) is 3.19. The number of anilines is 3. The van der Waals surface area contributed by atoms with Crippen molar-refractivity contribution in [2.45, 2.75) is 18.7 Å². The second kappa shape index (κ2) is 8.38. The average Bonchev–Trinajstić information content (AvgIpc) is 2.70. The van der Waals surface area contributed by atoms with Crippen LogP contribution in [0.15, 0.2) is 59.5 Å². The van der Waals surface area contributed by atoms with Crippen LogP contribution in [0.4, 0.5) is 17.2 Å². The van der Waals surface area contributed by atoms with Crippen molar-refractivity contribution in [2.75, 3.05) is 17.7 Å². The molecule has 0 radical (unpaired) electrons. The van der Waals surface area contributed by atoms with E-state index in [0.29, 0.717) is 28.3 Å². The number of carbonyl (C=O) groups excluding carboxylic acids is 1. The van der Waals surface area contributed by atoms with Crippen molar-refractivity contribution >= 4 is 33.1 Å². The molecule has 29 heavy (non-hydrogen) atoms. The minimum atomic E-state index is -3.56. The third kappa shape index (κ3) is 4.95. The van der Waals surface area contributed by atoms with E-state index in [1.165, 1.54) is 14.0 Å². The van der Waals surface area contributed by atoms with Crippen molar-refractivity contribution in [3.05, 3.63) is 60.2 Å². The number of aryl methyl sites for hydroxylation is 1. The highest BCUT2D eigenvalue weighted by Gasteiger charge is 2.16. The van der Waals surface area contributed by atoms with E-state index in [1.54, 1.807) is 43.3 Å². The second-order valence-electron chi connectivity index (χ2n) is 6.38. The van der Waals surface area contributed by atoms with Gasteiger partial charge in [0.2, 0.25) is 15.9 Å². The van der Waals surface area contributed by atoms with Crippen molar-refractivity contribution < 1.29 is 13.2 Å². The lowest BCUT2D eigenvalue weighted by molar-refractivity contribution is -0.114. The van der Waals surface area contributed by atoms with E-state index >= 15 is 0 Å². The first-order chi connectivity index (χ1) is 13.8. The molecule has 3 rings (SSSR count). The Morgan fingerprint density at radius 2 is 1.62 bits per heavy atom. The number of hydrogen-bond acceptors (Lipinski definition) is 6. The molecule has 0 fully saturated rings. The third-order valence-electron chi connectivity index (χ3n) is 4.18. The summed E-state index contributed by atoms with van der Waals surface area (Å²) >= 11 is 0. The molecule has 2 aromatic carbocycles. The zero-order valence-electron chi connectivity index (χ0n) is 16.2. The number of aromatic nitrogens is 2. The molecule has 8 nitrogen and oxygen atoms in total. The molecule has 0 aliphatic carbocycles. The fourth-order valence-corrected chi connectivity index (χ4v) is 3.69. The Morgan fingerprint density at radius 1 is 0.931 bits per heavy atom. The Balaban J connectivity index is 1.78. The molecule has 0 aliphatic rings. The summed E-state index contributed by atoms with van der Waals surface area (Å²) in [6.07, 6.45) is 0. The van der Waals surface area contributed by atoms with Gasteiger partial charge in [-0.2, -0.15) is 0 Å². The Labute approximate surface area is 169 Å². The maximum Gasteiger partial charge on any atom is 0.240 e. The first kappa shape index (κ1) is 20.4. The lowest BCUT2D eigenvalue weighted by Gasteiger charge is -2.10. The van der Waals surface area contributed by atoms with Gasteiger partial charge in [-0.05, 0) is 62.0 Å². The van der Waals surface area contributed by atoms with Gasteiger partial charge in [0.25, 0.3) is 0 Å². The minimum Gasteiger partial charge on any atom is -0.339 e. The number of nitrogens with one attached hydrogen (secondary N) is 3. The molecular weight excluding hydrogens is 390 g/mol. The van der Waals surface area contributed by atoms with E-state index in [4.69, 9.17) is 0 Å². The van der Waals surface area contributed by atoms with Gasteiger partial charge in [-0.25, -0.2) is 13.1 Å². The van der Waals surface area contributed by atoms with E-state index in [1.807, 2.05) is 18.2 Å². The number of sulfonamides is 1. The summed E-state index contributed by atoms with van der Waals surface area (Å²) in [4.78, 5) is 11.3. The van der Waals surface area contributed by atoms with Crippen LogP contribution in [-0.4, -0.2) is 31.6 Å². The van der Waals surface area contributed by atoms with Gasteiger partial charge in [0.05, 0.1) is 10.6 Å². The lowest BCUT2D eigenvalue weighted by atomic mass is 10.1. The molecule has 0 bridgehead atoms. The zero-order chi connectivity index (χ0) is 21.0. The highest BCUT2D eigenvalue weighted by Crippen LogP contribution is 2.24. The molecule has 0 aliphatic heterocycles. The van der Waals surface area contributed by atoms with E-state index in [-0.39, 0.29) is 10.8 Å². The molecule has 1 aromatic heterocycles. The van der Waals surface area contributed by atoms with Crippen LogP contribution in [0.1, 0.15) is 12.5 Å². The van der Waals surface area contributed by atoms with E-state index in [2.05, 4.69) is 25.6 Å². The number of hydrogen-bond donors (Lipinski definition) is 3. The highest BCUT2D eigenvalue weighted by atomic mass is 32.2. The number of benzene rings is 2. The Morgan fingerprint density at radius 3 is 2.21 bits per heavy atom. The van der Waals surface area contributed by atoms with Gasteiger partial charge in [0.15, 0.2) is 5.82 Å². The molecule has 9 heteroatoms. The molecule has 3 N–H and O–H groups in total. The molecule has 0 spiro atoms. The molecule has 3 aromatic rings. The van der Waals surface area contributed by atoms with Crippen molar-refractivity contribution in [2.24, 2.45) is 0 Å². The van der Waals surface area contributed by atoms with Crippen LogP contribution in [0.25, 0.3) is 11.3 Å². The van der Waals surface area contributed by atoms with Crippen LogP contribution in [0.3, 0.4) is 0 Å². The van der Waals surface area contributed by atoms with E-state index in [9.17, 15) is 13.2 Å². The monoisotopic (exact) mass is 411 g/mol. The normalized spacial score (nSPS) is 11.1. The first-order valence-corrected chi connectivity index (χ1v) is 10.3. The minimum absolute atomic E-state index is 0.131. The van der Waals surface area contributed by atoms with Gasteiger partial charge in [-0.15, -0.1) is 10.2 Å². The first-order valence-electron chi connectivity index (χ1n) is 8.81. The maximum atomic E-state index is 12.2. The molecular formula is C20H21N5O3S. The fourth-order valence-electron chi connectivity index (χ4n) is 2.70. The van der Waals surface area contributed by atoms with Crippen LogP contribution in [0, 0.1) is 6.92 Å². The molecule has 1 heterocycles. The van der Waals surface area contributed by atoms with Gasteiger partial charge in [0, 0.05) is 23.9 Å². The largest absolute Gasteiger partial charge is 0.339 e. The Kier molecular flexibility index (Phi) is 5.90. The molecule has 0 saturated heterocycles. The predicted molar refractivity (Wildman–Crippen MR) is 112 cm³/mol. The van der Waals surface area contributed by atoms with Crippen molar-refractivity contribution in [1.82, 2.24) is 14.9 Å². The number of nitrogens with zero attached hydrogens (tertiary/aromatic N) is 2. The van der Waals surface area contributed by atoms with Crippen LogP contribution >= 0.6 is 0 Å². The number of amides is 1. The summed E-state index contributed by atoms with van der Waals surface area (Å²) in [5, 5.41) is 14.2. The van der Waals surface area contributed by atoms with Crippen molar-refractivity contribution in [3.8, 4) is 11.3 Å². The predicted octanol–water partition coefficient (Wildman–Crippen LogP) is 3.06. The molecule has 0 saturated carbocycles. The van der Waals surface area contributed by atoms with Gasteiger partial charge >= 0.3 is 0 Å². The summed E-state index contributed by atoms with van der Waals surface area (Å²) in [6, 6.07) is 15.8. The standard InChI is InChI=1S/C20H21N5O3S/c1-13-4-5-15(12-19(13)29(27,28)21-3)18-10-11-20(25-24-18)23-17-8-6-16(7-9-17)22-14(2)26/h4-12,21H,1-3H3,(H,22,26)(H,23,25).